The van der Waals surface area contributed by atoms with E-state index < -0.39 is 5.97 Å². The van der Waals surface area contributed by atoms with Crippen LogP contribution < -0.4 is 0 Å². The SMILES string of the molecule is CC(=O)N1CCC[C@@]2(CC(=O)O)CCCC[C@@H]12. The van der Waals surface area contributed by atoms with Crippen molar-refractivity contribution in [3.8, 4) is 0 Å². The Morgan fingerprint density at radius 3 is 2.65 bits per heavy atom. The van der Waals surface area contributed by atoms with E-state index in [0.29, 0.717) is 0 Å². The third-order valence-corrected chi connectivity index (χ3v) is 4.47. The summed E-state index contributed by atoms with van der Waals surface area (Å²) < 4.78 is 0. The lowest BCUT2D eigenvalue weighted by Crippen LogP contribution is -2.56. The molecule has 0 unspecified atom stereocenters. The molecule has 0 bridgehead atoms. The van der Waals surface area contributed by atoms with Crippen LogP contribution in [-0.4, -0.2) is 34.5 Å². The Balaban J connectivity index is 2.24. The number of hydrogen-bond donors (Lipinski definition) is 1. The van der Waals surface area contributed by atoms with Crippen LogP contribution >= 0.6 is 0 Å². The van der Waals surface area contributed by atoms with E-state index in [1.165, 1.54) is 0 Å². The molecule has 2 atom stereocenters. The molecule has 0 aromatic heterocycles. The molecule has 96 valence electrons. The van der Waals surface area contributed by atoms with Gasteiger partial charge in [-0.15, -0.1) is 0 Å². The quantitative estimate of drug-likeness (QED) is 0.802. The van der Waals surface area contributed by atoms with E-state index in [0.717, 1.165) is 45.1 Å². The van der Waals surface area contributed by atoms with Gasteiger partial charge in [0.25, 0.3) is 0 Å². The van der Waals surface area contributed by atoms with Gasteiger partial charge < -0.3 is 10.0 Å². The van der Waals surface area contributed by atoms with E-state index in [1.54, 1.807) is 6.92 Å². The largest absolute Gasteiger partial charge is 0.481 e. The van der Waals surface area contributed by atoms with Crippen LogP contribution in [0.1, 0.15) is 51.9 Å². The number of carbonyl (C=O) groups excluding carboxylic acids is 1. The van der Waals surface area contributed by atoms with Crippen molar-refractivity contribution in [1.29, 1.82) is 0 Å². The zero-order chi connectivity index (χ0) is 12.5. The van der Waals surface area contributed by atoms with Gasteiger partial charge in [0, 0.05) is 24.9 Å². The molecule has 1 amide bonds. The molecule has 1 heterocycles. The van der Waals surface area contributed by atoms with Gasteiger partial charge in [-0.2, -0.15) is 0 Å². The Bertz CT molecular complexity index is 325. The number of carboxylic acid groups (broad SMARTS) is 1. The molecule has 2 fully saturated rings. The van der Waals surface area contributed by atoms with E-state index in [2.05, 4.69) is 0 Å². The fraction of sp³-hybridized carbons (Fsp3) is 0.846. The lowest BCUT2D eigenvalue weighted by Gasteiger charge is -2.52. The second-order valence-corrected chi connectivity index (χ2v) is 5.51. The van der Waals surface area contributed by atoms with Crippen molar-refractivity contribution in [2.75, 3.05) is 6.54 Å². The van der Waals surface area contributed by atoms with Gasteiger partial charge in [-0.05, 0) is 25.7 Å². The molecule has 0 radical (unpaired) electrons. The van der Waals surface area contributed by atoms with E-state index in [9.17, 15) is 9.59 Å². The van der Waals surface area contributed by atoms with Crippen LogP contribution in [0.3, 0.4) is 0 Å². The third-order valence-electron chi connectivity index (χ3n) is 4.47. The minimum Gasteiger partial charge on any atom is -0.481 e. The number of rotatable bonds is 2. The molecule has 2 aliphatic rings. The van der Waals surface area contributed by atoms with Crippen molar-refractivity contribution in [3.63, 3.8) is 0 Å². The van der Waals surface area contributed by atoms with Gasteiger partial charge in [0.2, 0.25) is 5.91 Å². The van der Waals surface area contributed by atoms with Gasteiger partial charge >= 0.3 is 5.97 Å². The van der Waals surface area contributed by atoms with Crippen LogP contribution in [0.25, 0.3) is 0 Å². The summed E-state index contributed by atoms with van der Waals surface area (Å²) in [6.45, 7) is 2.41. The number of carbonyl (C=O) groups is 2. The predicted octanol–water partition coefficient (Wildman–Crippen LogP) is 2.03. The molecular weight excluding hydrogens is 218 g/mol. The zero-order valence-corrected chi connectivity index (χ0v) is 10.4. The molecule has 1 aliphatic heterocycles. The number of carboxylic acids is 1. The summed E-state index contributed by atoms with van der Waals surface area (Å²) in [4.78, 5) is 24.7. The van der Waals surface area contributed by atoms with Gasteiger partial charge in [-0.1, -0.05) is 12.8 Å². The van der Waals surface area contributed by atoms with Gasteiger partial charge in [0.05, 0.1) is 6.42 Å². The van der Waals surface area contributed by atoms with Gasteiger partial charge in [-0.25, -0.2) is 0 Å². The lowest BCUT2D eigenvalue weighted by atomic mass is 9.63. The number of nitrogens with zero attached hydrogens (tertiary/aromatic N) is 1. The number of piperidine rings is 1. The highest BCUT2D eigenvalue weighted by Gasteiger charge is 2.47. The smallest absolute Gasteiger partial charge is 0.303 e. The summed E-state index contributed by atoms with van der Waals surface area (Å²) in [5, 5.41) is 9.12. The number of fused-ring (bicyclic) bond motifs is 1. The normalized spacial score (nSPS) is 33.0. The topological polar surface area (TPSA) is 57.6 Å². The highest BCUT2D eigenvalue weighted by molar-refractivity contribution is 5.74. The van der Waals surface area contributed by atoms with Crippen molar-refractivity contribution >= 4 is 11.9 Å². The average molecular weight is 239 g/mol. The zero-order valence-electron chi connectivity index (χ0n) is 10.4. The van der Waals surface area contributed by atoms with E-state index in [4.69, 9.17) is 5.11 Å². The molecule has 2 rings (SSSR count). The maximum Gasteiger partial charge on any atom is 0.303 e. The maximum atomic E-state index is 11.7. The minimum atomic E-state index is -0.720. The van der Waals surface area contributed by atoms with Gasteiger partial charge in [0.1, 0.15) is 0 Å². The highest BCUT2D eigenvalue weighted by Crippen LogP contribution is 2.48. The molecule has 4 nitrogen and oxygen atoms in total. The van der Waals surface area contributed by atoms with Crippen LogP contribution in [0.4, 0.5) is 0 Å². The van der Waals surface area contributed by atoms with Crippen LogP contribution in [0.5, 0.6) is 0 Å². The van der Waals surface area contributed by atoms with Crippen molar-refractivity contribution in [2.24, 2.45) is 5.41 Å². The number of amides is 1. The molecule has 17 heavy (non-hydrogen) atoms. The van der Waals surface area contributed by atoms with Crippen LogP contribution in [-0.2, 0) is 9.59 Å². The third kappa shape index (κ3) is 2.31. The fourth-order valence-electron chi connectivity index (χ4n) is 3.80. The van der Waals surface area contributed by atoms with Crippen molar-refractivity contribution in [1.82, 2.24) is 4.90 Å². The molecule has 1 saturated carbocycles. The van der Waals surface area contributed by atoms with Gasteiger partial charge in [-0.3, -0.25) is 9.59 Å². The molecule has 4 heteroatoms. The van der Waals surface area contributed by atoms with E-state index >= 15 is 0 Å². The fourth-order valence-corrected chi connectivity index (χ4v) is 3.80. The van der Waals surface area contributed by atoms with Crippen molar-refractivity contribution in [2.45, 2.75) is 57.9 Å². The first-order valence-electron chi connectivity index (χ1n) is 6.54. The number of likely N-dealkylation sites (tertiary alicyclic amines) is 1. The monoisotopic (exact) mass is 239 g/mol. The molecule has 1 N–H and O–H groups in total. The second-order valence-electron chi connectivity index (χ2n) is 5.51. The first kappa shape index (κ1) is 12.4. The molecular formula is C13H21NO3. The highest BCUT2D eigenvalue weighted by atomic mass is 16.4. The molecule has 0 aromatic carbocycles. The maximum absolute atomic E-state index is 11.7. The van der Waals surface area contributed by atoms with Crippen molar-refractivity contribution < 1.29 is 14.7 Å². The summed E-state index contributed by atoms with van der Waals surface area (Å²) in [6.07, 6.45) is 6.31. The summed E-state index contributed by atoms with van der Waals surface area (Å²) in [6, 6.07) is 0.165. The Labute approximate surface area is 102 Å². The predicted molar refractivity (Wildman–Crippen MR) is 63.6 cm³/mol. The number of hydrogen-bond acceptors (Lipinski definition) is 2. The molecule has 1 aliphatic carbocycles. The van der Waals surface area contributed by atoms with Crippen LogP contribution in [0.2, 0.25) is 0 Å². The summed E-state index contributed by atoms with van der Waals surface area (Å²) in [5.41, 5.74) is -0.145. The second kappa shape index (κ2) is 4.67. The standard InChI is InChI=1S/C13H21NO3/c1-10(15)14-8-4-7-13(9-12(16)17)6-3-2-5-11(13)14/h11H,2-9H2,1H3,(H,16,17)/t11-,13-/m1/s1. The summed E-state index contributed by atoms with van der Waals surface area (Å²) >= 11 is 0. The Hall–Kier alpha value is -1.06. The minimum absolute atomic E-state index is 0.103. The van der Waals surface area contributed by atoms with Crippen LogP contribution in [0.15, 0.2) is 0 Å². The van der Waals surface area contributed by atoms with Crippen LogP contribution in [0, 0.1) is 5.41 Å². The van der Waals surface area contributed by atoms with E-state index in [1.807, 2.05) is 4.90 Å². The Morgan fingerprint density at radius 1 is 1.29 bits per heavy atom. The summed E-state index contributed by atoms with van der Waals surface area (Å²) in [7, 11) is 0. The number of aliphatic carboxylic acids is 1. The van der Waals surface area contributed by atoms with Gasteiger partial charge in [0.15, 0.2) is 0 Å². The lowest BCUT2D eigenvalue weighted by molar-refractivity contribution is -0.150. The Morgan fingerprint density at radius 2 is 2.00 bits per heavy atom. The molecule has 0 spiro atoms. The van der Waals surface area contributed by atoms with Crippen molar-refractivity contribution in [3.05, 3.63) is 0 Å². The summed E-state index contributed by atoms with van der Waals surface area (Å²) in [5.74, 6) is -0.617. The van der Waals surface area contributed by atoms with E-state index in [-0.39, 0.29) is 23.8 Å². The molecule has 0 aromatic rings. The average Bonchev–Trinajstić information content (AvgIpc) is 2.26. The first-order chi connectivity index (χ1) is 8.05. The Kier molecular flexibility index (Phi) is 3.40. The molecule has 1 saturated heterocycles. The first-order valence-corrected chi connectivity index (χ1v) is 6.54.